The summed E-state index contributed by atoms with van der Waals surface area (Å²) in [6.45, 7) is -1.83. The summed E-state index contributed by atoms with van der Waals surface area (Å²) < 4.78 is 117. The number of nitrogens with zero attached hydrogens (tertiary/aromatic N) is 12. The smallest absolute Gasteiger partial charge is 0.387 e. The Hall–Kier alpha value is -4.60. The highest BCUT2D eigenvalue weighted by Gasteiger charge is 2.54. The molecule has 4 unspecified atom stereocenters. The van der Waals surface area contributed by atoms with E-state index in [2.05, 4.69) is 58.0 Å². The van der Waals surface area contributed by atoms with Crippen molar-refractivity contribution >= 4 is 90.1 Å². The van der Waals surface area contributed by atoms with Crippen LogP contribution in [0.3, 0.4) is 0 Å². The van der Waals surface area contributed by atoms with Gasteiger partial charge in [0, 0.05) is 0 Å². The van der Waals surface area contributed by atoms with Gasteiger partial charge in [0.2, 0.25) is 0 Å². The Morgan fingerprint density at radius 3 is 1.37 bits per heavy atom. The molecule has 16 N–H and O–H groups in total. The van der Waals surface area contributed by atoms with Crippen LogP contribution in [-0.2, 0) is 68.3 Å². The maximum Gasteiger partial charge on any atom is 0.490 e. The fourth-order valence-electron chi connectivity index (χ4n) is 8.01. The molecule has 0 aliphatic carbocycles. The maximum atomic E-state index is 13.8. The van der Waals surface area contributed by atoms with Crippen molar-refractivity contribution in [1.29, 1.82) is 0 Å². The second-order valence-electron chi connectivity index (χ2n) is 16.4. The standard InChI is InChI=1S/C31H42N15O25P5/c1-10-42-25(34)16-28(43-10)46(9-41-16)29-20(50)17(47)11(65-29)2-62-73(54,55)68-21-18(48)12(66-30(21)44-7-39-14-23(32)35-5-37-26(14)44)3-63-74(56,57)69-22-19(49)13(4-64-75(58,59)71-76(60,61)70-72(51,52)53)67-31(22)45-8-40-15-24(33)36-6-38-27(15)45/h5-9,11-13,17-22,29-31,47-50H,2-4H2,1H3,(H,54,55)(H,56,57)(H,58,59)(H,60,61)(H2,32,35,37)(H2,33,36,38)(H2,34,42,43)(H2,51,52,53)/t11-,12-,13-,17-,18-,19-,20-,21-,22-,29-,30-,31-/m1/s1. The van der Waals surface area contributed by atoms with Crippen molar-refractivity contribution < 1.29 is 118 Å². The number of phosphoric acid groups is 5. The molecule has 6 aromatic rings. The molecular formula is C31H42N15O25P5. The molecular weight excluding hydrogens is 1140 g/mol. The molecule has 6 aromatic heterocycles. The minimum atomic E-state index is -6.00. The zero-order chi connectivity index (χ0) is 55.0. The van der Waals surface area contributed by atoms with Gasteiger partial charge in [-0.05, 0) is 6.92 Å². The zero-order valence-corrected chi connectivity index (χ0v) is 42.3. The summed E-state index contributed by atoms with van der Waals surface area (Å²) in [6.07, 6.45) is -16.7. The van der Waals surface area contributed by atoms with Crippen LogP contribution in [0, 0.1) is 6.92 Å². The lowest BCUT2D eigenvalue weighted by Gasteiger charge is -2.25. The number of aliphatic hydroxyl groups excluding tert-OH is 4. The molecule has 45 heteroatoms. The monoisotopic (exact) mass is 1180 g/mol. The van der Waals surface area contributed by atoms with Gasteiger partial charge in [0.1, 0.15) is 90.0 Å². The van der Waals surface area contributed by atoms with E-state index in [0.717, 1.165) is 34.4 Å². The third kappa shape index (κ3) is 11.7. The number of aromatic nitrogens is 12. The van der Waals surface area contributed by atoms with E-state index in [1.54, 1.807) is 6.92 Å². The summed E-state index contributed by atoms with van der Waals surface area (Å²) >= 11 is 0. The number of hydrogen-bond acceptors (Lipinski definition) is 31. The maximum absolute atomic E-state index is 13.8. The molecule has 3 saturated heterocycles. The molecule has 416 valence electrons. The summed E-state index contributed by atoms with van der Waals surface area (Å²) in [4.78, 5) is 95.8. The van der Waals surface area contributed by atoms with E-state index in [-0.39, 0.29) is 56.8 Å². The predicted molar refractivity (Wildman–Crippen MR) is 241 cm³/mol. The van der Waals surface area contributed by atoms with Gasteiger partial charge in [0.25, 0.3) is 0 Å². The van der Waals surface area contributed by atoms with Gasteiger partial charge in [-0.1, -0.05) is 0 Å². The van der Waals surface area contributed by atoms with Crippen LogP contribution in [0.25, 0.3) is 33.5 Å². The number of nitrogen functional groups attached to an aromatic ring is 3. The van der Waals surface area contributed by atoms with E-state index in [0.29, 0.717) is 0 Å². The highest BCUT2D eigenvalue weighted by Crippen LogP contribution is 2.66. The van der Waals surface area contributed by atoms with Gasteiger partial charge < -0.3 is 81.2 Å². The van der Waals surface area contributed by atoms with Crippen LogP contribution < -0.4 is 17.2 Å². The molecule has 0 spiro atoms. The lowest BCUT2D eigenvalue weighted by atomic mass is 10.1. The first kappa shape index (κ1) is 56.1. The van der Waals surface area contributed by atoms with Crippen molar-refractivity contribution in [2.45, 2.75) is 80.5 Å². The first-order chi connectivity index (χ1) is 35.5. The second-order valence-corrected chi connectivity index (χ2v) is 23.6. The third-order valence-corrected chi connectivity index (χ3v) is 17.0. The number of aryl methyl sites for hydroxylation is 1. The predicted octanol–water partition coefficient (Wildman–Crippen LogP) is -2.96. The number of aliphatic hydroxyl groups is 4. The summed E-state index contributed by atoms with van der Waals surface area (Å²) in [6, 6.07) is 0. The molecule has 0 aromatic carbocycles. The van der Waals surface area contributed by atoms with Gasteiger partial charge in [0.05, 0.1) is 38.8 Å². The van der Waals surface area contributed by atoms with Crippen LogP contribution in [0.1, 0.15) is 24.5 Å². The number of imidazole rings is 3. The lowest BCUT2D eigenvalue weighted by Crippen LogP contribution is -2.37. The summed E-state index contributed by atoms with van der Waals surface area (Å²) in [5.74, 6) is -0.0458. The Balaban J connectivity index is 0.913. The molecule has 0 saturated carbocycles. The second kappa shape index (κ2) is 20.9. The van der Waals surface area contributed by atoms with E-state index >= 15 is 0 Å². The van der Waals surface area contributed by atoms with Crippen molar-refractivity contribution in [2.75, 3.05) is 37.0 Å². The van der Waals surface area contributed by atoms with E-state index in [1.807, 2.05) is 0 Å². The number of phosphoric ester groups is 3. The Morgan fingerprint density at radius 2 is 0.908 bits per heavy atom. The SMILES string of the molecule is Cc1nc(N)c2ncn([C@@H]3O[C@H](COP(=O)(O)O[C@@H]4[C@H](O)[C@@H](COP(=O)(O)O[C@@H]5[C@H](O)[C@@H](COP(=O)(O)OP(=O)(O)OP(=O)(O)O)O[C@H]5n5cnc6c(N)ncnc65)O[C@H]4n4cnc5c(N)ncnc54)[C@@H](O)[C@H]3O)c2n1. The normalized spacial score (nSPS) is 30.5. The van der Waals surface area contributed by atoms with Gasteiger partial charge in [-0.3, -0.25) is 36.3 Å². The zero-order valence-electron chi connectivity index (χ0n) is 37.9. The van der Waals surface area contributed by atoms with Crippen LogP contribution in [0.2, 0.25) is 0 Å². The summed E-state index contributed by atoms with van der Waals surface area (Å²) in [5.41, 5.74) is 17.8. The van der Waals surface area contributed by atoms with Gasteiger partial charge >= 0.3 is 39.1 Å². The van der Waals surface area contributed by atoms with Crippen molar-refractivity contribution in [3.63, 3.8) is 0 Å². The van der Waals surface area contributed by atoms with Crippen LogP contribution in [0.5, 0.6) is 0 Å². The Labute approximate surface area is 420 Å². The Bertz CT molecular complexity index is 3410. The van der Waals surface area contributed by atoms with Gasteiger partial charge in [-0.25, -0.2) is 67.7 Å². The van der Waals surface area contributed by atoms with E-state index < -0.39 is 133 Å². The molecule has 9 heterocycles. The van der Waals surface area contributed by atoms with Gasteiger partial charge in [-0.2, -0.15) is 8.62 Å². The van der Waals surface area contributed by atoms with Crippen LogP contribution in [0.4, 0.5) is 17.5 Å². The first-order valence-electron chi connectivity index (χ1n) is 21.1. The largest absolute Gasteiger partial charge is 0.490 e. The number of ether oxygens (including phenoxy) is 3. The highest BCUT2D eigenvalue weighted by molar-refractivity contribution is 7.66. The van der Waals surface area contributed by atoms with Gasteiger partial charge in [-0.15, -0.1) is 0 Å². The lowest BCUT2D eigenvalue weighted by molar-refractivity contribution is -0.0644. The number of fused-ring (bicyclic) bond motifs is 3. The molecule has 76 heavy (non-hydrogen) atoms. The third-order valence-electron chi connectivity index (χ3n) is 11.3. The molecule has 40 nitrogen and oxygen atoms in total. The number of nitrogens with two attached hydrogens (primary N) is 3. The van der Waals surface area contributed by atoms with Crippen molar-refractivity contribution in [3.8, 4) is 0 Å². The van der Waals surface area contributed by atoms with Crippen LogP contribution in [0.15, 0.2) is 31.6 Å². The number of hydrogen-bond donors (Lipinski definition) is 13. The van der Waals surface area contributed by atoms with Gasteiger partial charge in [0.15, 0.2) is 53.1 Å². The first-order valence-corrected chi connectivity index (χ1v) is 28.6. The van der Waals surface area contributed by atoms with Crippen molar-refractivity contribution in [1.82, 2.24) is 58.6 Å². The molecule has 3 fully saturated rings. The van der Waals surface area contributed by atoms with Crippen LogP contribution >= 0.6 is 39.1 Å². The molecule has 9 rings (SSSR count). The Morgan fingerprint density at radius 1 is 0.500 bits per heavy atom. The van der Waals surface area contributed by atoms with Crippen molar-refractivity contribution in [3.05, 3.63) is 37.5 Å². The molecule has 16 atom stereocenters. The van der Waals surface area contributed by atoms with E-state index in [1.165, 1.54) is 10.9 Å². The summed E-state index contributed by atoms with van der Waals surface area (Å²) in [5, 5.41) is 44.9. The quantitative estimate of drug-likeness (QED) is 0.0340. The highest BCUT2D eigenvalue weighted by atomic mass is 31.3. The molecule has 0 bridgehead atoms. The minimum Gasteiger partial charge on any atom is -0.387 e. The Kier molecular flexibility index (Phi) is 15.4. The average Bonchev–Trinajstić information content (AvgIpc) is 4.19. The fraction of sp³-hybridized carbons (Fsp3) is 0.516. The number of anilines is 3. The summed E-state index contributed by atoms with van der Waals surface area (Å²) in [7, 11) is -28.6. The van der Waals surface area contributed by atoms with E-state index in [9.17, 15) is 62.8 Å². The fourth-order valence-corrected chi connectivity index (χ4v) is 12.9. The van der Waals surface area contributed by atoms with Crippen molar-refractivity contribution in [2.24, 2.45) is 0 Å². The molecule has 0 radical (unpaired) electrons. The molecule has 0 amide bonds. The van der Waals surface area contributed by atoms with E-state index in [4.69, 9.17) is 59.3 Å². The molecule has 3 aliphatic heterocycles. The molecule has 3 aliphatic rings. The number of rotatable bonds is 20. The minimum absolute atomic E-state index is 0.0155. The average molecular weight is 1180 g/mol. The van der Waals surface area contributed by atoms with Crippen LogP contribution in [-0.4, -0.2) is 183 Å². The topological polar surface area (TPSA) is 589 Å².